The first-order valence-electron chi connectivity index (χ1n) is 13.8. The number of benzene rings is 3. The number of piperidine rings is 1. The zero-order valence-electron chi connectivity index (χ0n) is 23.3. The first-order chi connectivity index (χ1) is 20.4. The van der Waals surface area contributed by atoms with Crippen molar-refractivity contribution in [1.82, 2.24) is 10.3 Å². The molecule has 0 radical (unpaired) electrons. The number of rotatable bonds is 7. The molecule has 0 bridgehead atoms. The lowest BCUT2D eigenvalue weighted by molar-refractivity contribution is -0.0140. The maximum atomic E-state index is 14.3. The number of esters is 1. The van der Waals surface area contributed by atoms with Crippen molar-refractivity contribution in [3.05, 3.63) is 95.2 Å². The van der Waals surface area contributed by atoms with Gasteiger partial charge in [-0.15, -0.1) is 0 Å². The summed E-state index contributed by atoms with van der Waals surface area (Å²) >= 11 is 0. The highest BCUT2D eigenvalue weighted by Gasteiger charge is 2.54. The number of pyridine rings is 1. The Balaban J connectivity index is 1.38. The highest BCUT2D eigenvalue weighted by atomic mass is 16.5. The minimum Gasteiger partial charge on any atom is -0.496 e. The van der Waals surface area contributed by atoms with Crippen LogP contribution in [0.15, 0.2) is 72.8 Å². The van der Waals surface area contributed by atoms with Gasteiger partial charge in [0.05, 0.1) is 25.3 Å². The molecule has 0 aliphatic carbocycles. The number of nitrogens with one attached hydrogen (secondary N) is 1. The molecule has 4 aromatic rings. The maximum absolute atomic E-state index is 14.3. The molecule has 3 aromatic carbocycles. The minimum absolute atomic E-state index is 0.0746. The highest BCUT2D eigenvalue weighted by molar-refractivity contribution is 6.19. The number of ether oxygens (including phenoxy) is 4. The number of hydrogen-bond donors (Lipinski definition) is 1. The molecular weight excluding hydrogens is 536 g/mol. The van der Waals surface area contributed by atoms with Gasteiger partial charge in [0, 0.05) is 24.3 Å². The molecule has 9 nitrogen and oxygen atoms in total. The van der Waals surface area contributed by atoms with Gasteiger partial charge in [-0.1, -0.05) is 36.4 Å². The number of aromatic nitrogens is 1. The standard InChI is InChI=1S/C33H30N2O7/c1-39-26-10-6-9-22-27(40-2)18-24(35-29(22)26)31(37)28-30(36)23-17-21(32(38)41-19-20-7-4-3-5-8-20)11-12-25(23)42-33(28)13-15-34-16-14-33/h3-12,17-18,28,34H,13-16,19H2,1-2H3/t28-/m1/s1. The van der Waals surface area contributed by atoms with E-state index < -0.39 is 29.1 Å². The van der Waals surface area contributed by atoms with Gasteiger partial charge < -0.3 is 24.3 Å². The second-order valence-corrected chi connectivity index (χ2v) is 10.4. The second-order valence-electron chi connectivity index (χ2n) is 10.4. The van der Waals surface area contributed by atoms with Crippen LogP contribution >= 0.6 is 0 Å². The maximum Gasteiger partial charge on any atom is 0.338 e. The third-order valence-corrected chi connectivity index (χ3v) is 7.96. The zero-order chi connectivity index (χ0) is 29.3. The number of hydrogen-bond acceptors (Lipinski definition) is 9. The Labute approximate surface area is 242 Å². The number of methoxy groups -OCH3 is 2. The first-order valence-corrected chi connectivity index (χ1v) is 13.8. The quantitative estimate of drug-likeness (QED) is 0.191. The summed E-state index contributed by atoms with van der Waals surface area (Å²) in [6.45, 7) is 1.26. The molecule has 1 aromatic heterocycles. The average Bonchev–Trinajstić information content (AvgIpc) is 3.03. The summed E-state index contributed by atoms with van der Waals surface area (Å²) in [5.74, 6) is -1.38. The fraction of sp³-hybridized carbons (Fsp3) is 0.273. The Morgan fingerprint density at radius 3 is 2.45 bits per heavy atom. The normalized spacial score (nSPS) is 17.3. The summed E-state index contributed by atoms with van der Waals surface area (Å²) in [6.07, 6.45) is 0.896. The molecule has 0 saturated carbocycles. The molecule has 6 rings (SSSR count). The molecule has 9 heteroatoms. The highest BCUT2D eigenvalue weighted by Crippen LogP contribution is 2.44. The molecule has 2 aliphatic rings. The van der Waals surface area contributed by atoms with E-state index in [1.165, 1.54) is 20.3 Å². The van der Waals surface area contributed by atoms with Crippen molar-refractivity contribution in [1.29, 1.82) is 0 Å². The summed E-state index contributed by atoms with van der Waals surface area (Å²) < 4.78 is 23.1. The van der Waals surface area contributed by atoms with Gasteiger partial charge in [-0.05, 0) is 49.0 Å². The number of nitrogens with zero attached hydrogens (tertiary/aromatic N) is 1. The molecule has 214 valence electrons. The van der Waals surface area contributed by atoms with Crippen molar-refractivity contribution in [2.75, 3.05) is 27.3 Å². The van der Waals surface area contributed by atoms with Gasteiger partial charge in [-0.25, -0.2) is 9.78 Å². The van der Waals surface area contributed by atoms with Crippen LogP contribution in [0.2, 0.25) is 0 Å². The van der Waals surface area contributed by atoms with Crippen LogP contribution in [0.25, 0.3) is 10.9 Å². The predicted molar refractivity (Wildman–Crippen MR) is 154 cm³/mol. The SMILES string of the molecule is COc1cc(C(=O)[C@H]2C(=O)c3cc(C(=O)OCc4ccccc4)ccc3OC23CCNCC3)nc2c(OC)cccc12. The molecule has 1 fully saturated rings. The predicted octanol–water partition coefficient (Wildman–Crippen LogP) is 4.81. The number of fused-ring (bicyclic) bond motifs is 2. The van der Waals surface area contributed by atoms with Crippen LogP contribution in [-0.2, 0) is 11.3 Å². The molecule has 42 heavy (non-hydrogen) atoms. The summed E-state index contributed by atoms with van der Waals surface area (Å²) in [6, 6.07) is 20.9. The van der Waals surface area contributed by atoms with E-state index in [1.54, 1.807) is 24.3 Å². The van der Waals surface area contributed by atoms with Crippen LogP contribution in [-0.4, -0.2) is 55.4 Å². The average molecular weight is 567 g/mol. The molecular formula is C33H30N2O7. The van der Waals surface area contributed by atoms with E-state index in [4.69, 9.17) is 18.9 Å². The molecule has 3 heterocycles. The zero-order valence-corrected chi connectivity index (χ0v) is 23.3. The lowest BCUT2D eigenvalue weighted by atomic mass is 9.71. The molecule has 0 amide bonds. The van der Waals surface area contributed by atoms with E-state index >= 15 is 0 Å². The van der Waals surface area contributed by atoms with Gasteiger partial charge in [0.2, 0.25) is 0 Å². The fourth-order valence-corrected chi connectivity index (χ4v) is 5.81. The van der Waals surface area contributed by atoms with E-state index in [1.807, 2.05) is 42.5 Å². The smallest absolute Gasteiger partial charge is 0.338 e. The Morgan fingerprint density at radius 1 is 0.952 bits per heavy atom. The van der Waals surface area contributed by atoms with Crippen molar-refractivity contribution < 1.29 is 33.3 Å². The summed E-state index contributed by atoms with van der Waals surface area (Å²) in [5.41, 5.74) is 0.672. The van der Waals surface area contributed by atoms with Gasteiger partial charge in [-0.2, -0.15) is 0 Å². The molecule has 1 spiro atoms. The van der Waals surface area contributed by atoms with E-state index in [9.17, 15) is 14.4 Å². The third-order valence-electron chi connectivity index (χ3n) is 7.96. The number of Topliss-reactive ketones (excluding diaryl/α,β-unsaturated/α-hetero) is 2. The summed E-state index contributed by atoms with van der Waals surface area (Å²) in [7, 11) is 3.04. The van der Waals surface area contributed by atoms with E-state index in [0.29, 0.717) is 54.1 Å². The number of ketones is 2. The number of carbonyl (C=O) groups excluding carboxylic acids is 3. The third kappa shape index (κ3) is 4.86. The van der Waals surface area contributed by atoms with E-state index in [2.05, 4.69) is 10.3 Å². The molecule has 2 aliphatic heterocycles. The van der Waals surface area contributed by atoms with Crippen molar-refractivity contribution >= 4 is 28.4 Å². The Kier molecular flexibility index (Phi) is 7.34. The lowest BCUT2D eigenvalue weighted by Crippen LogP contribution is -2.58. The Morgan fingerprint density at radius 2 is 1.71 bits per heavy atom. The van der Waals surface area contributed by atoms with Crippen LogP contribution in [0.3, 0.4) is 0 Å². The van der Waals surface area contributed by atoms with Crippen molar-refractivity contribution in [3.8, 4) is 17.2 Å². The summed E-state index contributed by atoms with van der Waals surface area (Å²) in [5, 5.41) is 3.97. The Hall–Kier alpha value is -4.76. The first kappa shape index (κ1) is 27.4. The monoisotopic (exact) mass is 566 g/mol. The van der Waals surface area contributed by atoms with E-state index in [0.717, 1.165) is 5.56 Å². The van der Waals surface area contributed by atoms with E-state index in [-0.39, 0.29) is 23.4 Å². The topological polar surface area (TPSA) is 113 Å². The van der Waals surface area contributed by atoms with Gasteiger partial charge >= 0.3 is 5.97 Å². The van der Waals surface area contributed by atoms with Gasteiger partial charge in [0.15, 0.2) is 11.6 Å². The number of carbonyl (C=O) groups is 3. The van der Waals surface area contributed by atoms with Crippen molar-refractivity contribution in [3.63, 3.8) is 0 Å². The number of para-hydroxylation sites is 1. The summed E-state index contributed by atoms with van der Waals surface area (Å²) in [4.78, 5) is 46.1. The largest absolute Gasteiger partial charge is 0.496 e. The van der Waals surface area contributed by atoms with Gasteiger partial charge in [0.1, 0.15) is 46.6 Å². The Bertz CT molecular complexity index is 1680. The van der Waals surface area contributed by atoms with Gasteiger partial charge in [-0.3, -0.25) is 9.59 Å². The second kappa shape index (κ2) is 11.3. The van der Waals surface area contributed by atoms with Crippen LogP contribution in [0.1, 0.15) is 49.6 Å². The molecule has 1 atom stereocenters. The fourth-order valence-electron chi connectivity index (χ4n) is 5.81. The van der Waals surface area contributed by atoms with Crippen LogP contribution in [0.4, 0.5) is 0 Å². The van der Waals surface area contributed by atoms with Crippen molar-refractivity contribution in [2.45, 2.75) is 25.0 Å². The molecule has 0 unspecified atom stereocenters. The van der Waals surface area contributed by atoms with Crippen LogP contribution < -0.4 is 19.5 Å². The minimum atomic E-state index is -1.17. The molecule has 1 saturated heterocycles. The van der Waals surface area contributed by atoms with Crippen LogP contribution in [0, 0.1) is 5.92 Å². The van der Waals surface area contributed by atoms with Gasteiger partial charge in [0.25, 0.3) is 0 Å². The van der Waals surface area contributed by atoms with Crippen molar-refractivity contribution in [2.24, 2.45) is 5.92 Å². The van der Waals surface area contributed by atoms with Crippen LogP contribution in [0.5, 0.6) is 17.2 Å². The molecule has 1 N–H and O–H groups in total. The lowest BCUT2D eigenvalue weighted by Gasteiger charge is -2.45.